The molecule has 0 unspecified atom stereocenters. The van der Waals surface area contributed by atoms with Crippen molar-refractivity contribution < 1.29 is 21.6 Å². The fourth-order valence-electron chi connectivity index (χ4n) is 2.58. The quantitative estimate of drug-likeness (QED) is 0.524. The molecule has 0 N–H and O–H groups in total. The molecule has 1 saturated heterocycles. The van der Waals surface area contributed by atoms with Crippen molar-refractivity contribution in [3.8, 4) is 0 Å². The third-order valence-electron chi connectivity index (χ3n) is 3.98. The van der Waals surface area contributed by atoms with Gasteiger partial charge in [0.15, 0.2) is 0 Å². The van der Waals surface area contributed by atoms with Crippen LogP contribution in [0.2, 0.25) is 0 Å². The Morgan fingerprint density at radius 1 is 1.09 bits per heavy atom. The second kappa shape index (κ2) is 9.79. The maximum absolute atomic E-state index is 12.2. The Morgan fingerprint density at radius 3 is 2.26 bits per heavy atom. The first kappa shape index (κ1) is 20.6. The number of unbranched alkanes of at least 4 members (excludes halogenated alkanes) is 3. The van der Waals surface area contributed by atoms with Crippen molar-refractivity contribution in [2.45, 2.75) is 65.2 Å². The molecule has 0 bridgehead atoms. The smallest absolute Gasteiger partial charge is 0.276 e. The van der Waals surface area contributed by atoms with E-state index in [0.717, 1.165) is 25.7 Å². The Bertz CT molecular complexity index is 489. The highest BCUT2D eigenvalue weighted by Crippen LogP contribution is 2.54. The van der Waals surface area contributed by atoms with Crippen LogP contribution in [0.4, 0.5) is 0 Å². The molecule has 1 fully saturated rings. The first-order valence-electron chi connectivity index (χ1n) is 8.56. The Hall–Kier alpha value is -0.400. The zero-order chi connectivity index (χ0) is 17.3. The Morgan fingerprint density at radius 2 is 1.70 bits per heavy atom. The van der Waals surface area contributed by atoms with Crippen LogP contribution >= 0.6 is 10.3 Å². The van der Waals surface area contributed by atoms with E-state index in [-0.39, 0.29) is 23.1 Å². The highest BCUT2D eigenvalue weighted by atomic mass is 32.3. The molecule has 0 saturated carbocycles. The molecule has 0 amide bonds. The number of rotatable bonds is 11. The van der Waals surface area contributed by atoms with Gasteiger partial charge in [0.2, 0.25) is 0 Å². The van der Waals surface area contributed by atoms with Gasteiger partial charge >= 0.3 is 0 Å². The van der Waals surface area contributed by atoms with E-state index in [0.29, 0.717) is 37.2 Å². The Kier molecular flexibility index (Phi) is 8.79. The minimum absolute atomic E-state index is 0.00375. The van der Waals surface area contributed by atoms with Crippen LogP contribution in [-0.4, -0.2) is 43.0 Å². The zero-order valence-electron chi connectivity index (χ0n) is 14.3. The lowest BCUT2D eigenvalue weighted by molar-refractivity contribution is -0.119. The highest BCUT2D eigenvalue weighted by Gasteiger charge is 2.36. The van der Waals surface area contributed by atoms with Crippen LogP contribution in [0.25, 0.3) is 0 Å². The molecule has 5 nitrogen and oxygen atoms in total. The van der Waals surface area contributed by atoms with E-state index in [1.54, 1.807) is 0 Å². The topological polar surface area (TPSA) is 77.5 Å². The first-order chi connectivity index (χ1) is 10.8. The highest BCUT2D eigenvalue weighted by molar-refractivity contribution is 8.33. The Labute approximate surface area is 142 Å². The van der Waals surface area contributed by atoms with E-state index in [2.05, 4.69) is 6.92 Å². The van der Waals surface area contributed by atoms with Gasteiger partial charge in [-0.2, -0.15) is 8.42 Å². The van der Waals surface area contributed by atoms with Crippen LogP contribution in [0, 0.1) is 0 Å². The lowest BCUT2D eigenvalue weighted by Crippen LogP contribution is -2.31. The number of carbonyl (C=O) groups is 2. The summed E-state index contributed by atoms with van der Waals surface area (Å²) in [4.78, 5) is 23.7. The molecule has 0 atom stereocenters. The van der Waals surface area contributed by atoms with Crippen LogP contribution in [0.3, 0.4) is 0 Å². The van der Waals surface area contributed by atoms with Crippen LogP contribution < -0.4 is 0 Å². The number of hydrogen-bond donors (Lipinski definition) is 0. The van der Waals surface area contributed by atoms with Gasteiger partial charge in [-0.25, -0.2) is 3.63 Å². The average molecular weight is 367 g/mol. The van der Waals surface area contributed by atoms with E-state index >= 15 is 0 Å². The summed E-state index contributed by atoms with van der Waals surface area (Å²) in [7, 11) is -5.63. The lowest BCUT2D eigenvalue weighted by atomic mass is 10.2. The van der Waals surface area contributed by atoms with Crippen molar-refractivity contribution >= 4 is 32.0 Å². The predicted molar refractivity (Wildman–Crippen MR) is 95.4 cm³/mol. The molecular formula is C16H30O5S2. The van der Waals surface area contributed by atoms with Crippen LogP contribution in [0.5, 0.6) is 0 Å². The number of hydrogen-bond acceptors (Lipinski definition) is 5. The summed E-state index contributed by atoms with van der Waals surface area (Å²) in [6, 6.07) is 0. The molecule has 0 radical (unpaired) electrons. The predicted octanol–water partition coefficient (Wildman–Crippen LogP) is 3.36. The van der Waals surface area contributed by atoms with Crippen LogP contribution in [-0.2, 0) is 23.3 Å². The second-order valence-corrected chi connectivity index (χ2v) is 11.3. The molecular weight excluding hydrogens is 336 g/mol. The van der Waals surface area contributed by atoms with Crippen LogP contribution in [0.1, 0.15) is 65.2 Å². The van der Waals surface area contributed by atoms with Gasteiger partial charge in [0.25, 0.3) is 10.1 Å². The largest absolute Gasteiger partial charge is 0.300 e. The molecule has 0 aromatic carbocycles. The summed E-state index contributed by atoms with van der Waals surface area (Å²) in [6.07, 6.45) is 5.37. The van der Waals surface area contributed by atoms with Gasteiger partial charge in [0.1, 0.15) is 11.6 Å². The maximum atomic E-state index is 12.2. The molecule has 1 aliphatic rings. The zero-order valence-corrected chi connectivity index (χ0v) is 16.0. The van der Waals surface area contributed by atoms with E-state index in [9.17, 15) is 18.0 Å². The van der Waals surface area contributed by atoms with Crippen molar-refractivity contribution in [3.05, 3.63) is 0 Å². The van der Waals surface area contributed by atoms with Gasteiger partial charge in [-0.1, -0.05) is 33.1 Å². The van der Waals surface area contributed by atoms with Gasteiger partial charge in [0, 0.05) is 30.8 Å². The fourth-order valence-corrected chi connectivity index (χ4v) is 8.41. The van der Waals surface area contributed by atoms with E-state index in [1.807, 2.05) is 6.92 Å². The van der Waals surface area contributed by atoms with Crippen molar-refractivity contribution in [2.24, 2.45) is 0 Å². The fraction of sp³-hybridized carbons (Fsp3) is 0.875. The third kappa shape index (κ3) is 7.81. The van der Waals surface area contributed by atoms with Crippen molar-refractivity contribution in [1.82, 2.24) is 0 Å². The number of carbonyl (C=O) groups excluding carboxylic acids is 2. The second-order valence-electron chi connectivity index (χ2n) is 6.24. The first-order valence-corrected chi connectivity index (χ1v) is 12.2. The molecule has 1 aliphatic heterocycles. The normalized spacial score (nSPS) is 19.5. The summed E-state index contributed by atoms with van der Waals surface area (Å²) in [5.41, 5.74) is 0. The molecule has 23 heavy (non-hydrogen) atoms. The minimum atomic E-state index is -3.62. The molecule has 1 heterocycles. The monoisotopic (exact) mass is 366 g/mol. The summed E-state index contributed by atoms with van der Waals surface area (Å²) in [5.74, 6) is 1.23. The van der Waals surface area contributed by atoms with E-state index < -0.39 is 20.4 Å². The molecule has 0 aliphatic carbocycles. The molecule has 1 rings (SSSR count). The average Bonchev–Trinajstić information content (AvgIpc) is 2.48. The number of Topliss-reactive ketones (excluding diaryl/α,β-unsaturated/α-hetero) is 2. The van der Waals surface area contributed by atoms with E-state index in [4.69, 9.17) is 3.63 Å². The molecule has 0 spiro atoms. The van der Waals surface area contributed by atoms with E-state index in [1.165, 1.54) is 0 Å². The summed E-state index contributed by atoms with van der Waals surface area (Å²) in [6.45, 7) is 4.00. The molecule has 136 valence electrons. The van der Waals surface area contributed by atoms with Gasteiger partial charge in [-0.3, -0.25) is 9.59 Å². The molecule has 0 aromatic heterocycles. The van der Waals surface area contributed by atoms with Gasteiger partial charge in [-0.15, -0.1) is 10.3 Å². The van der Waals surface area contributed by atoms with Crippen LogP contribution in [0.15, 0.2) is 0 Å². The maximum Gasteiger partial charge on any atom is 0.276 e. The van der Waals surface area contributed by atoms with Crippen molar-refractivity contribution in [2.75, 3.05) is 23.0 Å². The number of ketones is 2. The molecule has 0 aromatic rings. The van der Waals surface area contributed by atoms with Gasteiger partial charge < -0.3 is 0 Å². The summed E-state index contributed by atoms with van der Waals surface area (Å²) < 4.78 is 30.0. The summed E-state index contributed by atoms with van der Waals surface area (Å²) in [5, 5.41) is 0. The summed E-state index contributed by atoms with van der Waals surface area (Å²) >= 11 is 0. The molecule has 7 heteroatoms. The van der Waals surface area contributed by atoms with Crippen molar-refractivity contribution in [3.63, 3.8) is 0 Å². The SMILES string of the molecule is CCCCCC(=O)CS1(OS(=O)(=O)CCCC)CCC(=O)CC1. The van der Waals surface area contributed by atoms with Gasteiger partial charge in [0.05, 0.1) is 11.5 Å². The Balaban J connectivity index is 2.74. The standard InChI is InChI=1S/C16H30O5S2/c1-3-5-7-8-16(18)14-22(12-9-15(17)10-13-22)21-23(19,20)11-6-4-2/h3-14H2,1-2H3. The van der Waals surface area contributed by atoms with Crippen molar-refractivity contribution in [1.29, 1.82) is 0 Å². The lowest BCUT2D eigenvalue weighted by Gasteiger charge is -2.40. The van der Waals surface area contributed by atoms with Gasteiger partial charge in [-0.05, 0) is 12.8 Å². The third-order valence-corrected chi connectivity index (χ3v) is 9.50. The minimum Gasteiger partial charge on any atom is -0.300 e.